The van der Waals surface area contributed by atoms with Gasteiger partial charge in [-0.1, -0.05) is 26.0 Å². The van der Waals surface area contributed by atoms with Crippen LogP contribution in [0.5, 0.6) is 0 Å². The molecule has 2 rings (SSSR count). The summed E-state index contributed by atoms with van der Waals surface area (Å²) in [6, 6.07) is 7.53. The molecule has 15 heavy (non-hydrogen) atoms. The first-order valence-electron chi connectivity index (χ1n) is 4.88. The molecule has 0 radical (unpaired) electrons. The van der Waals surface area contributed by atoms with Crippen LogP contribution >= 0.6 is 0 Å². The van der Waals surface area contributed by atoms with Crippen molar-refractivity contribution in [2.75, 3.05) is 7.05 Å². The number of imidazole rings is 1. The number of nitrogens with two attached hydrogens (primary N) is 1. The number of benzene rings is 1. The van der Waals surface area contributed by atoms with E-state index in [0.29, 0.717) is 12.1 Å². The van der Waals surface area contributed by atoms with Crippen LogP contribution in [0.1, 0.15) is 24.5 Å². The summed E-state index contributed by atoms with van der Waals surface area (Å²) >= 11 is 0. The van der Waals surface area contributed by atoms with Crippen LogP contribution in [-0.4, -0.2) is 23.3 Å². The molecule has 0 aliphatic carbocycles. The molecule has 0 atom stereocenters. The van der Waals surface area contributed by atoms with Crippen molar-refractivity contribution >= 4 is 17.3 Å². The number of aldehydes is 1. The molecule has 0 amide bonds. The van der Waals surface area contributed by atoms with Crippen LogP contribution in [0.2, 0.25) is 0 Å². The molecule has 82 valence electrons. The zero-order valence-electron chi connectivity index (χ0n) is 9.32. The first-order chi connectivity index (χ1) is 7.40. The van der Waals surface area contributed by atoms with Gasteiger partial charge in [0.15, 0.2) is 12.1 Å². The Bertz CT molecular complexity index is 362. The van der Waals surface area contributed by atoms with Crippen molar-refractivity contribution < 1.29 is 4.79 Å². The predicted molar refractivity (Wildman–Crippen MR) is 62.9 cm³/mol. The molecule has 0 spiro atoms. The summed E-state index contributed by atoms with van der Waals surface area (Å²) in [6.45, 7) is 4.00. The number of H-pyrrole nitrogens is 1. The molecular formula is C11H17N3O. The Hall–Kier alpha value is -1.68. The summed E-state index contributed by atoms with van der Waals surface area (Å²) in [5, 5.41) is 0. The van der Waals surface area contributed by atoms with E-state index in [1.165, 1.54) is 7.05 Å². The maximum absolute atomic E-state index is 10.3. The van der Waals surface area contributed by atoms with E-state index in [2.05, 4.69) is 15.7 Å². The molecular weight excluding hydrogens is 190 g/mol. The summed E-state index contributed by atoms with van der Waals surface area (Å²) in [5.41, 5.74) is 6.23. The third-order valence-electron chi connectivity index (χ3n) is 1.52. The zero-order valence-corrected chi connectivity index (χ0v) is 9.32. The number of hydrogen-bond acceptors (Lipinski definition) is 3. The van der Waals surface area contributed by atoms with Crippen LogP contribution < -0.4 is 5.73 Å². The van der Waals surface area contributed by atoms with Gasteiger partial charge in [0.25, 0.3) is 0 Å². The standard InChI is InChI=1S/C8H6N2O.C2H6.CH5N/c11-5-8-9-6-3-1-2-4-7(6)10-8;2*1-2/h1-5H,(H,9,10);1-2H3;2H2,1H3. The maximum Gasteiger partial charge on any atom is 0.185 e. The van der Waals surface area contributed by atoms with E-state index in [9.17, 15) is 4.79 Å². The lowest BCUT2D eigenvalue weighted by atomic mass is 10.3. The van der Waals surface area contributed by atoms with E-state index in [1.54, 1.807) is 0 Å². The molecule has 0 fully saturated rings. The number of nitrogens with one attached hydrogen (secondary N) is 1. The van der Waals surface area contributed by atoms with E-state index < -0.39 is 0 Å². The molecule has 0 bridgehead atoms. The van der Waals surface area contributed by atoms with E-state index in [0.717, 1.165) is 11.0 Å². The number of hydrogen-bond donors (Lipinski definition) is 2. The SMILES string of the molecule is CC.CN.O=Cc1nc2ccccc2[nH]1. The third kappa shape index (κ3) is 3.52. The van der Waals surface area contributed by atoms with Gasteiger partial charge in [-0.25, -0.2) is 4.98 Å². The number of carbonyl (C=O) groups excluding carboxylic acids is 1. The van der Waals surface area contributed by atoms with Gasteiger partial charge in [-0.2, -0.15) is 0 Å². The highest BCUT2D eigenvalue weighted by molar-refractivity contribution is 5.81. The molecule has 3 N–H and O–H groups in total. The topological polar surface area (TPSA) is 71.8 Å². The van der Waals surface area contributed by atoms with Crippen LogP contribution in [0.3, 0.4) is 0 Å². The second kappa shape index (κ2) is 7.70. The zero-order chi connectivity index (χ0) is 11.7. The second-order valence-corrected chi connectivity index (χ2v) is 2.26. The number of carbonyl (C=O) groups is 1. The second-order valence-electron chi connectivity index (χ2n) is 2.26. The fraction of sp³-hybridized carbons (Fsp3) is 0.273. The Labute approximate surface area is 89.5 Å². The van der Waals surface area contributed by atoms with Gasteiger partial charge in [-0.3, -0.25) is 4.79 Å². The molecule has 0 unspecified atom stereocenters. The van der Waals surface area contributed by atoms with E-state index in [4.69, 9.17) is 0 Å². The van der Waals surface area contributed by atoms with Crippen LogP contribution in [0.4, 0.5) is 0 Å². The molecule has 4 nitrogen and oxygen atoms in total. The minimum atomic E-state index is 0.381. The lowest BCUT2D eigenvalue weighted by molar-refractivity contribution is 0.111. The maximum atomic E-state index is 10.3. The van der Waals surface area contributed by atoms with Gasteiger partial charge in [0.05, 0.1) is 11.0 Å². The average Bonchev–Trinajstić information content (AvgIpc) is 2.77. The Balaban J connectivity index is 0.000000442. The van der Waals surface area contributed by atoms with Crippen molar-refractivity contribution in [2.45, 2.75) is 13.8 Å². The Kier molecular flexibility index (Phi) is 6.84. The molecule has 2 aromatic rings. The molecule has 0 saturated heterocycles. The minimum Gasteiger partial charge on any atom is -0.336 e. The summed E-state index contributed by atoms with van der Waals surface area (Å²) in [4.78, 5) is 17.2. The van der Waals surface area contributed by atoms with E-state index >= 15 is 0 Å². The Morgan fingerprint density at radius 2 is 1.87 bits per heavy atom. The third-order valence-corrected chi connectivity index (χ3v) is 1.52. The van der Waals surface area contributed by atoms with Crippen LogP contribution in [0.15, 0.2) is 24.3 Å². The van der Waals surface area contributed by atoms with Crippen molar-refractivity contribution in [3.05, 3.63) is 30.1 Å². The first kappa shape index (κ1) is 13.3. The summed E-state index contributed by atoms with van der Waals surface area (Å²) in [5.74, 6) is 0.381. The number of aromatic amines is 1. The molecule has 0 aliphatic heterocycles. The van der Waals surface area contributed by atoms with Gasteiger partial charge < -0.3 is 10.7 Å². The number of aromatic nitrogens is 2. The molecule has 0 aliphatic rings. The largest absolute Gasteiger partial charge is 0.336 e. The Morgan fingerprint density at radius 3 is 2.40 bits per heavy atom. The lowest BCUT2D eigenvalue weighted by Crippen LogP contribution is -1.78. The molecule has 0 saturated carbocycles. The smallest absolute Gasteiger partial charge is 0.185 e. The number of fused-ring (bicyclic) bond motifs is 1. The van der Waals surface area contributed by atoms with Crippen LogP contribution in [0, 0.1) is 0 Å². The van der Waals surface area contributed by atoms with Crippen LogP contribution in [0.25, 0.3) is 11.0 Å². The van der Waals surface area contributed by atoms with Crippen molar-refractivity contribution in [3.63, 3.8) is 0 Å². The Morgan fingerprint density at radius 1 is 1.27 bits per heavy atom. The highest BCUT2D eigenvalue weighted by Crippen LogP contribution is 2.08. The van der Waals surface area contributed by atoms with Gasteiger partial charge in [-0.05, 0) is 19.2 Å². The first-order valence-corrected chi connectivity index (χ1v) is 4.88. The average molecular weight is 207 g/mol. The number of para-hydroxylation sites is 2. The van der Waals surface area contributed by atoms with Crippen LogP contribution in [-0.2, 0) is 0 Å². The van der Waals surface area contributed by atoms with Crippen molar-refractivity contribution in [1.29, 1.82) is 0 Å². The highest BCUT2D eigenvalue weighted by atomic mass is 16.1. The summed E-state index contributed by atoms with van der Waals surface area (Å²) in [6.07, 6.45) is 0.708. The van der Waals surface area contributed by atoms with Gasteiger partial charge in [0, 0.05) is 0 Å². The lowest BCUT2D eigenvalue weighted by Gasteiger charge is -1.81. The molecule has 1 aromatic carbocycles. The normalized spacial score (nSPS) is 8.27. The quantitative estimate of drug-likeness (QED) is 0.702. The minimum absolute atomic E-state index is 0.381. The molecule has 1 aromatic heterocycles. The summed E-state index contributed by atoms with van der Waals surface area (Å²) in [7, 11) is 1.50. The number of rotatable bonds is 1. The number of nitrogens with zero attached hydrogens (tertiary/aromatic N) is 1. The monoisotopic (exact) mass is 207 g/mol. The molecule has 1 heterocycles. The van der Waals surface area contributed by atoms with Crippen molar-refractivity contribution in [2.24, 2.45) is 5.73 Å². The van der Waals surface area contributed by atoms with Crippen molar-refractivity contribution in [1.82, 2.24) is 9.97 Å². The fourth-order valence-corrected chi connectivity index (χ4v) is 1.03. The van der Waals surface area contributed by atoms with E-state index in [1.807, 2.05) is 38.1 Å². The van der Waals surface area contributed by atoms with Crippen molar-refractivity contribution in [3.8, 4) is 0 Å². The van der Waals surface area contributed by atoms with Gasteiger partial charge in [0.1, 0.15) is 0 Å². The predicted octanol–water partition coefficient (Wildman–Crippen LogP) is 1.98. The fourth-order valence-electron chi connectivity index (χ4n) is 1.03. The van der Waals surface area contributed by atoms with E-state index in [-0.39, 0.29) is 0 Å². The summed E-state index contributed by atoms with van der Waals surface area (Å²) < 4.78 is 0. The van der Waals surface area contributed by atoms with Gasteiger partial charge >= 0.3 is 0 Å². The van der Waals surface area contributed by atoms with Gasteiger partial charge in [0.2, 0.25) is 0 Å². The highest BCUT2D eigenvalue weighted by Gasteiger charge is 1.97. The molecule has 4 heteroatoms. The van der Waals surface area contributed by atoms with Gasteiger partial charge in [-0.15, -0.1) is 0 Å².